The zero-order valence-corrected chi connectivity index (χ0v) is 12.9. The Kier molecular flexibility index (Phi) is 3.60. The molecule has 22 heavy (non-hydrogen) atoms. The van der Waals surface area contributed by atoms with Gasteiger partial charge in [-0.25, -0.2) is 9.97 Å². The minimum absolute atomic E-state index is 0.371. The van der Waals surface area contributed by atoms with Crippen molar-refractivity contribution in [2.75, 3.05) is 25.1 Å². The predicted molar refractivity (Wildman–Crippen MR) is 80.7 cm³/mol. The number of aliphatic hydroxyl groups is 1. The molecule has 2 aromatic rings. The van der Waals surface area contributed by atoms with Crippen LogP contribution in [0.2, 0.25) is 0 Å². The average Bonchev–Trinajstić information content (AvgIpc) is 2.43. The largest absolute Gasteiger partial charge is 0.480 e. The Morgan fingerprint density at radius 1 is 1.36 bits per heavy atom. The van der Waals surface area contributed by atoms with Crippen molar-refractivity contribution in [3.8, 4) is 5.88 Å². The van der Waals surface area contributed by atoms with Gasteiger partial charge < -0.3 is 14.7 Å². The Morgan fingerprint density at radius 3 is 2.82 bits per heavy atom. The highest BCUT2D eigenvalue weighted by Gasteiger charge is 2.31. The molecule has 2 aromatic heterocycles. The minimum Gasteiger partial charge on any atom is -0.480 e. The number of pyridine rings is 1. The van der Waals surface area contributed by atoms with Crippen molar-refractivity contribution in [2.24, 2.45) is 0 Å². The second-order valence-electron chi connectivity index (χ2n) is 6.01. The van der Waals surface area contributed by atoms with E-state index < -0.39 is 11.7 Å². The number of aryl methyl sites for hydroxylation is 1. The van der Waals surface area contributed by atoms with Crippen molar-refractivity contribution in [1.29, 1.82) is 0 Å². The first-order chi connectivity index (χ1) is 10.4. The lowest BCUT2D eigenvalue weighted by Crippen LogP contribution is -2.46. The summed E-state index contributed by atoms with van der Waals surface area (Å²) >= 11 is 0. The average molecular weight is 306 g/mol. The fraction of sp³-hybridized carbons (Fsp3) is 0.533. The van der Waals surface area contributed by atoms with Crippen LogP contribution in [0.5, 0.6) is 5.88 Å². The topological polar surface area (TPSA) is 71.4 Å². The van der Waals surface area contributed by atoms with E-state index in [-0.39, 0.29) is 0 Å². The van der Waals surface area contributed by atoms with Crippen LogP contribution in [0, 0.1) is 13.0 Å². The van der Waals surface area contributed by atoms with Crippen molar-refractivity contribution < 1.29 is 14.2 Å². The summed E-state index contributed by atoms with van der Waals surface area (Å²) < 4.78 is 19.2. The molecule has 0 bridgehead atoms. The number of nitrogens with zero attached hydrogens (tertiary/aromatic N) is 4. The van der Waals surface area contributed by atoms with Gasteiger partial charge in [-0.2, -0.15) is 9.37 Å². The smallest absolute Gasteiger partial charge is 0.311 e. The van der Waals surface area contributed by atoms with Gasteiger partial charge in [0.05, 0.1) is 18.2 Å². The van der Waals surface area contributed by atoms with E-state index in [2.05, 4.69) is 15.0 Å². The maximum atomic E-state index is 13.8. The zero-order chi connectivity index (χ0) is 15.9. The van der Waals surface area contributed by atoms with Crippen LogP contribution in [0.1, 0.15) is 25.5 Å². The van der Waals surface area contributed by atoms with E-state index in [0.717, 1.165) is 6.42 Å². The zero-order valence-electron chi connectivity index (χ0n) is 12.9. The van der Waals surface area contributed by atoms with Crippen molar-refractivity contribution in [1.82, 2.24) is 15.0 Å². The van der Waals surface area contributed by atoms with Gasteiger partial charge in [0.25, 0.3) is 0 Å². The highest BCUT2D eigenvalue weighted by molar-refractivity contribution is 5.94. The van der Waals surface area contributed by atoms with Gasteiger partial charge in [-0.15, -0.1) is 0 Å². The fourth-order valence-electron chi connectivity index (χ4n) is 2.97. The lowest BCUT2D eigenvalue weighted by Gasteiger charge is -2.37. The quantitative estimate of drug-likeness (QED) is 0.854. The molecule has 0 aliphatic carbocycles. The standard InChI is InChI=1S/C15H19FN4O2/c1-9-7-10-11(13(17-9)22-3)12(19-14(16)18-10)20-6-4-5-15(2,21)8-20/h7,21H,4-6,8H2,1-3H3. The molecule has 0 spiro atoms. The van der Waals surface area contributed by atoms with Crippen LogP contribution < -0.4 is 9.64 Å². The third-order valence-electron chi connectivity index (χ3n) is 3.90. The molecular formula is C15H19FN4O2. The number of halogens is 1. The van der Waals surface area contributed by atoms with E-state index in [1.807, 2.05) is 4.90 Å². The summed E-state index contributed by atoms with van der Waals surface area (Å²) in [5.41, 5.74) is 0.327. The van der Waals surface area contributed by atoms with E-state index in [0.29, 0.717) is 47.8 Å². The molecule has 0 aromatic carbocycles. The molecule has 1 atom stereocenters. The van der Waals surface area contributed by atoms with Crippen molar-refractivity contribution in [2.45, 2.75) is 32.3 Å². The van der Waals surface area contributed by atoms with E-state index in [1.54, 1.807) is 19.9 Å². The maximum Gasteiger partial charge on any atom is 0.311 e. The van der Waals surface area contributed by atoms with Crippen LogP contribution in [0.4, 0.5) is 10.2 Å². The van der Waals surface area contributed by atoms with Crippen LogP contribution in [0.25, 0.3) is 10.9 Å². The molecule has 3 rings (SSSR count). The third kappa shape index (κ3) is 2.68. The number of hydrogen-bond donors (Lipinski definition) is 1. The van der Waals surface area contributed by atoms with Gasteiger partial charge in [-0.3, -0.25) is 0 Å². The number of ether oxygens (including phenoxy) is 1. The van der Waals surface area contributed by atoms with Gasteiger partial charge in [0.1, 0.15) is 11.2 Å². The Hall–Kier alpha value is -2.02. The molecule has 7 heteroatoms. The van der Waals surface area contributed by atoms with Crippen LogP contribution in [-0.2, 0) is 0 Å². The monoisotopic (exact) mass is 306 g/mol. The molecule has 1 aliphatic heterocycles. The minimum atomic E-state index is -0.822. The SMILES string of the molecule is COc1nc(C)cc2nc(F)nc(N3CCCC(C)(O)C3)c12. The number of β-amino-alcohol motifs (C(OH)–C–C–N with tert-alkyl or cyclic N) is 1. The summed E-state index contributed by atoms with van der Waals surface area (Å²) in [5.74, 6) is 0.794. The summed E-state index contributed by atoms with van der Waals surface area (Å²) in [6.45, 7) is 4.65. The van der Waals surface area contributed by atoms with Crippen LogP contribution in [0.15, 0.2) is 6.07 Å². The van der Waals surface area contributed by atoms with Gasteiger partial charge in [-0.1, -0.05) is 0 Å². The molecule has 1 unspecified atom stereocenters. The number of fused-ring (bicyclic) bond motifs is 1. The molecule has 3 heterocycles. The van der Waals surface area contributed by atoms with Crippen LogP contribution in [0.3, 0.4) is 0 Å². The summed E-state index contributed by atoms with van der Waals surface area (Å²) in [5, 5.41) is 10.9. The molecule has 0 saturated carbocycles. The summed E-state index contributed by atoms with van der Waals surface area (Å²) in [4.78, 5) is 14.0. The lowest BCUT2D eigenvalue weighted by molar-refractivity contribution is 0.0447. The first-order valence-corrected chi connectivity index (χ1v) is 7.26. The van der Waals surface area contributed by atoms with Crippen LogP contribution in [-0.4, -0.2) is 45.9 Å². The highest BCUT2D eigenvalue weighted by atomic mass is 19.1. The number of piperidine rings is 1. The van der Waals surface area contributed by atoms with Gasteiger partial charge in [0, 0.05) is 18.8 Å². The number of methoxy groups -OCH3 is 1. The molecule has 1 aliphatic rings. The van der Waals surface area contributed by atoms with Crippen molar-refractivity contribution in [3.63, 3.8) is 0 Å². The van der Waals surface area contributed by atoms with Gasteiger partial charge in [-0.05, 0) is 32.8 Å². The van der Waals surface area contributed by atoms with E-state index in [4.69, 9.17) is 4.74 Å². The number of anilines is 1. The number of rotatable bonds is 2. The Balaban J connectivity index is 2.20. The van der Waals surface area contributed by atoms with E-state index in [1.165, 1.54) is 7.11 Å². The fourth-order valence-corrected chi connectivity index (χ4v) is 2.97. The molecule has 1 saturated heterocycles. The van der Waals surface area contributed by atoms with Gasteiger partial charge in [0.2, 0.25) is 5.88 Å². The molecule has 0 amide bonds. The Morgan fingerprint density at radius 2 is 2.14 bits per heavy atom. The predicted octanol–water partition coefficient (Wildman–Crippen LogP) is 1.83. The third-order valence-corrected chi connectivity index (χ3v) is 3.90. The molecule has 1 fully saturated rings. The summed E-state index contributed by atoms with van der Waals surface area (Å²) in [6.07, 6.45) is 0.728. The second kappa shape index (κ2) is 5.31. The lowest BCUT2D eigenvalue weighted by atomic mass is 9.95. The number of hydrogen-bond acceptors (Lipinski definition) is 6. The maximum absolute atomic E-state index is 13.8. The molecular weight excluding hydrogens is 287 g/mol. The van der Waals surface area contributed by atoms with Crippen molar-refractivity contribution >= 4 is 16.7 Å². The molecule has 0 radical (unpaired) electrons. The first kappa shape index (κ1) is 14.9. The highest BCUT2D eigenvalue weighted by Crippen LogP contribution is 2.34. The van der Waals surface area contributed by atoms with Gasteiger partial charge >= 0.3 is 6.08 Å². The first-order valence-electron chi connectivity index (χ1n) is 7.26. The number of aromatic nitrogens is 3. The van der Waals surface area contributed by atoms with Gasteiger partial charge in [0.15, 0.2) is 0 Å². The molecule has 6 nitrogen and oxygen atoms in total. The normalized spacial score (nSPS) is 22.1. The van der Waals surface area contributed by atoms with E-state index in [9.17, 15) is 9.50 Å². The Labute approximate surface area is 128 Å². The van der Waals surface area contributed by atoms with Crippen molar-refractivity contribution in [3.05, 3.63) is 17.8 Å². The Bertz CT molecular complexity index is 715. The van der Waals surface area contributed by atoms with Crippen LogP contribution >= 0.6 is 0 Å². The molecule has 118 valence electrons. The summed E-state index contributed by atoms with van der Waals surface area (Å²) in [7, 11) is 1.51. The van der Waals surface area contributed by atoms with E-state index >= 15 is 0 Å². The summed E-state index contributed by atoms with van der Waals surface area (Å²) in [6, 6.07) is 1.70. The molecule has 1 N–H and O–H groups in total. The second-order valence-corrected chi connectivity index (χ2v) is 6.01.